The summed E-state index contributed by atoms with van der Waals surface area (Å²) >= 11 is 0. The van der Waals surface area contributed by atoms with Crippen molar-refractivity contribution in [1.29, 1.82) is 0 Å². The summed E-state index contributed by atoms with van der Waals surface area (Å²) in [5, 5.41) is 6.67. The molecular weight excluding hydrogens is 368 g/mol. The summed E-state index contributed by atoms with van der Waals surface area (Å²) in [6.07, 6.45) is 12.4. The monoisotopic (exact) mass is 432 g/mol. The van der Waals surface area contributed by atoms with Crippen molar-refractivity contribution < 1.29 is 5.65 Å². The molecule has 4 N–H and O–H groups in total. The van der Waals surface area contributed by atoms with Crippen LogP contribution in [0, 0.1) is 23.7 Å². The molecule has 4 rings (SSSR count). The average molecular weight is 433 g/mol. The second kappa shape index (κ2) is 19.5. The third-order valence-corrected chi connectivity index (χ3v) is 6.60. The van der Waals surface area contributed by atoms with E-state index in [-0.39, 0.29) is 0 Å². The Kier molecular flexibility index (Phi) is 14.1. The van der Waals surface area contributed by atoms with Crippen LogP contribution >= 0.6 is 0 Å². The second-order valence-corrected chi connectivity index (χ2v) is 10.1. The van der Waals surface area contributed by atoms with Crippen molar-refractivity contribution in [3.63, 3.8) is 0 Å². The molecule has 0 amide bonds. The lowest BCUT2D eigenvalue weighted by Gasteiger charge is -2.17. The SMILES string of the molecule is [3H]N1CCC(C)C1.[3H]N1CCC(C)CC1.[3H]N1CCCC(C)CC1.[3H]N1CCCC(C)CCC1. The molecule has 0 radical (unpaired) electrons. The van der Waals surface area contributed by atoms with Gasteiger partial charge in [-0.05, 0) is 140 Å². The molecule has 0 aromatic rings. The fraction of sp³-hybridized carbons (Fsp3) is 1.00. The van der Waals surface area contributed by atoms with Crippen LogP contribution in [0.1, 0.15) is 91.9 Å². The van der Waals surface area contributed by atoms with Crippen molar-refractivity contribution in [2.75, 3.05) is 52.4 Å². The van der Waals surface area contributed by atoms with E-state index >= 15 is 0 Å². The molecule has 4 aliphatic rings. The lowest BCUT2D eigenvalue weighted by molar-refractivity contribution is 0.402. The van der Waals surface area contributed by atoms with E-state index in [1.807, 2.05) is 0 Å². The van der Waals surface area contributed by atoms with Crippen molar-refractivity contribution >= 4 is 0 Å². The maximum atomic E-state index is 7.41. The molecule has 2 unspecified atom stereocenters. The highest BCUT2D eigenvalue weighted by Crippen LogP contribution is 2.13. The third kappa shape index (κ3) is 17.5. The van der Waals surface area contributed by atoms with E-state index < -0.39 is 0 Å². The molecule has 0 aliphatic carbocycles. The van der Waals surface area contributed by atoms with Gasteiger partial charge in [-0.15, -0.1) is 0 Å². The first-order valence-corrected chi connectivity index (χ1v) is 13.1. The van der Waals surface area contributed by atoms with Crippen LogP contribution in [0.4, 0.5) is 0 Å². The van der Waals surface area contributed by atoms with Crippen LogP contribution in [0.3, 0.4) is 0 Å². The third-order valence-electron chi connectivity index (χ3n) is 6.60. The van der Waals surface area contributed by atoms with Crippen LogP contribution in [-0.2, 0) is 0 Å². The van der Waals surface area contributed by atoms with Crippen LogP contribution in [0.15, 0.2) is 0 Å². The molecule has 0 saturated carbocycles. The number of nitrogens with one attached hydrogen (secondary N) is 4. The Labute approximate surface area is 195 Å². The van der Waals surface area contributed by atoms with E-state index in [2.05, 4.69) is 27.7 Å². The molecule has 4 heteroatoms. The van der Waals surface area contributed by atoms with Gasteiger partial charge in [-0.2, -0.15) is 0 Å². The Morgan fingerprint density at radius 2 is 0.767 bits per heavy atom. The minimum atomic E-state index is 0.762. The van der Waals surface area contributed by atoms with Crippen molar-refractivity contribution in [2.24, 2.45) is 23.7 Å². The molecule has 30 heavy (non-hydrogen) atoms. The fourth-order valence-corrected chi connectivity index (χ4v) is 4.07. The topological polar surface area (TPSA) is 48.1 Å². The molecule has 4 nitrogen and oxygen atoms in total. The predicted octanol–water partition coefficient (Wildman–Crippen LogP) is 4.80. The Morgan fingerprint density at radius 3 is 1.17 bits per heavy atom. The van der Waals surface area contributed by atoms with Crippen molar-refractivity contribution in [3.8, 4) is 0 Å². The van der Waals surface area contributed by atoms with Gasteiger partial charge in [-0.25, -0.2) is 0 Å². The highest BCUT2D eigenvalue weighted by atomic mass is 14.9. The Hall–Kier alpha value is -0.160. The normalized spacial score (nSPS) is 33.3. The second-order valence-electron chi connectivity index (χ2n) is 10.1. The smallest absolute Gasteiger partial charge is 0.122 e. The molecule has 2 atom stereocenters. The zero-order chi connectivity index (χ0) is 25.3. The van der Waals surface area contributed by atoms with E-state index in [0.717, 1.165) is 76.0 Å². The first-order chi connectivity index (χ1) is 16.2. The first-order valence-electron chi connectivity index (χ1n) is 14.9. The molecule has 0 spiro atoms. The zero-order valence-electron chi connectivity index (χ0n) is 24.8. The van der Waals surface area contributed by atoms with Crippen LogP contribution in [0.2, 0.25) is 5.65 Å². The summed E-state index contributed by atoms with van der Waals surface area (Å²) in [6.45, 7) is 16.8. The van der Waals surface area contributed by atoms with E-state index in [1.165, 1.54) is 64.2 Å². The molecule has 0 aromatic carbocycles. The average Bonchev–Trinajstić information content (AvgIpc) is 3.06. The fourth-order valence-electron chi connectivity index (χ4n) is 4.07. The Bertz CT molecular complexity index is 432. The summed E-state index contributed by atoms with van der Waals surface area (Å²) < 4.78 is 29.0. The molecule has 0 bridgehead atoms. The van der Waals surface area contributed by atoms with Gasteiger partial charge >= 0.3 is 0 Å². The first kappa shape index (κ1) is 21.7. The summed E-state index contributed by atoms with van der Waals surface area (Å²) in [6, 6.07) is 0. The van der Waals surface area contributed by atoms with Crippen LogP contribution < -0.4 is 21.2 Å². The van der Waals surface area contributed by atoms with Gasteiger partial charge in [0.15, 0.2) is 0 Å². The summed E-state index contributed by atoms with van der Waals surface area (Å²) in [7, 11) is 0. The van der Waals surface area contributed by atoms with Crippen molar-refractivity contribution in [3.05, 3.63) is 0 Å². The Morgan fingerprint density at radius 1 is 0.433 bits per heavy atom. The van der Waals surface area contributed by atoms with Crippen LogP contribution in [-0.4, -0.2) is 52.4 Å². The van der Waals surface area contributed by atoms with Gasteiger partial charge in [0.25, 0.3) is 0 Å². The summed E-state index contributed by atoms with van der Waals surface area (Å²) in [4.78, 5) is 0. The van der Waals surface area contributed by atoms with E-state index in [9.17, 15) is 0 Å². The number of hydrogen-bond acceptors (Lipinski definition) is 4. The highest BCUT2D eigenvalue weighted by Gasteiger charge is 2.07. The number of rotatable bonds is 0. The van der Waals surface area contributed by atoms with E-state index in [1.54, 1.807) is 21.2 Å². The molecule has 4 aliphatic heterocycles. The lowest BCUT2D eigenvalue weighted by Crippen LogP contribution is -2.26. The number of piperidine rings is 1. The largest absolute Gasteiger partial charge is 0.317 e. The van der Waals surface area contributed by atoms with E-state index in [4.69, 9.17) is 5.65 Å². The minimum Gasteiger partial charge on any atom is -0.317 e. The number of hydrogen-bond donors (Lipinski definition) is 4. The van der Waals surface area contributed by atoms with Crippen molar-refractivity contribution in [2.45, 2.75) is 91.9 Å². The molecule has 180 valence electrons. The molecular formula is C26H56N4. The van der Waals surface area contributed by atoms with Gasteiger partial charge in [-0.1, -0.05) is 27.7 Å². The van der Waals surface area contributed by atoms with Gasteiger partial charge in [0, 0.05) is 0 Å². The zero-order valence-corrected chi connectivity index (χ0v) is 20.8. The van der Waals surface area contributed by atoms with Crippen LogP contribution in [0.5, 0.6) is 0 Å². The summed E-state index contributed by atoms with van der Waals surface area (Å²) in [5.41, 5.74) is 0. The van der Waals surface area contributed by atoms with Crippen molar-refractivity contribution in [1.82, 2.24) is 21.2 Å². The molecule has 4 saturated heterocycles. The molecule has 4 fully saturated rings. The summed E-state index contributed by atoms with van der Waals surface area (Å²) in [5.74, 6) is 3.36. The quantitative estimate of drug-likeness (QED) is 0.444. The van der Waals surface area contributed by atoms with Gasteiger partial charge in [0.2, 0.25) is 0 Å². The predicted molar refractivity (Wildman–Crippen MR) is 134 cm³/mol. The van der Waals surface area contributed by atoms with Gasteiger partial charge < -0.3 is 21.2 Å². The van der Waals surface area contributed by atoms with Gasteiger partial charge in [0.05, 0.1) is 0 Å². The Balaban J connectivity index is 0.000000228. The lowest BCUT2D eigenvalue weighted by atomic mass is 9.98. The van der Waals surface area contributed by atoms with E-state index in [0.29, 0.717) is 0 Å². The maximum Gasteiger partial charge on any atom is 0.122 e. The molecule has 0 aromatic heterocycles. The van der Waals surface area contributed by atoms with Gasteiger partial charge in [0.1, 0.15) is 5.65 Å². The minimum absolute atomic E-state index is 0.762. The standard InChI is InChI=1S/C8H17N.C7H15N.C6H13N.C5H11N/c1-8-4-2-6-9-7-3-5-8;1-7-3-2-5-8-6-4-7;1-6-2-4-7-5-3-6;1-5-2-3-6-4-5/h8-9H,2-7H2,1H3;7-8H,2-6H2,1H3;6-7H,2-5H2,1H3;5-6H,2-4H2,1H3/i/hT4. The molecule has 4 heterocycles. The van der Waals surface area contributed by atoms with Gasteiger partial charge in [-0.3, -0.25) is 0 Å². The maximum absolute atomic E-state index is 7.41. The highest BCUT2D eigenvalue weighted by molar-refractivity contribution is 4.65. The van der Waals surface area contributed by atoms with Crippen LogP contribution in [0.25, 0.3) is 0 Å².